The Balaban J connectivity index is 2.13. The third-order valence-corrected chi connectivity index (χ3v) is 6.62. The standard InChI is InChI=1S/C21H28N2O4S2/c1-7-13(2)20-23-16(12-29-20)21-22-15(11-28-21)8-9-17(25-4)14(3)18(26-5)10-19(24)27-6/h8-14,17H,7H2,1-6H3/b9-8-,18-10+/t13?,14-,17+/m1/s1. The smallest absolute Gasteiger partial charge is 0.333 e. The number of esters is 1. The van der Waals surface area contributed by atoms with E-state index < -0.39 is 5.97 Å². The van der Waals surface area contributed by atoms with Gasteiger partial charge in [0.15, 0.2) is 0 Å². The van der Waals surface area contributed by atoms with E-state index >= 15 is 0 Å². The Hall–Kier alpha value is -2.03. The van der Waals surface area contributed by atoms with Crippen LogP contribution in [0.3, 0.4) is 0 Å². The molecule has 29 heavy (non-hydrogen) atoms. The quantitative estimate of drug-likeness (QED) is 0.291. The number of hydrogen-bond donors (Lipinski definition) is 0. The second-order valence-corrected chi connectivity index (χ2v) is 8.33. The zero-order valence-electron chi connectivity index (χ0n) is 17.7. The number of aromatic nitrogens is 2. The summed E-state index contributed by atoms with van der Waals surface area (Å²) >= 11 is 3.25. The van der Waals surface area contributed by atoms with Gasteiger partial charge in [0.2, 0.25) is 0 Å². The molecule has 2 rings (SSSR count). The van der Waals surface area contributed by atoms with Gasteiger partial charge in [-0.3, -0.25) is 0 Å². The van der Waals surface area contributed by atoms with Crippen LogP contribution in [0.5, 0.6) is 0 Å². The molecule has 0 aromatic carbocycles. The molecule has 0 N–H and O–H groups in total. The highest BCUT2D eigenvalue weighted by Gasteiger charge is 2.21. The Morgan fingerprint density at radius 1 is 1.14 bits per heavy atom. The maximum Gasteiger partial charge on any atom is 0.333 e. The first-order valence-electron chi connectivity index (χ1n) is 9.39. The molecule has 2 heterocycles. The molecule has 2 aromatic heterocycles. The maximum absolute atomic E-state index is 11.5. The van der Waals surface area contributed by atoms with Crippen molar-refractivity contribution < 1.29 is 19.0 Å². The van der Waals surface area contributed by atoms with E-state index in [9.17, 15) is 4.79 Å². The number of carbonyl (C=O) groups excluding carboxylic acids is 1. The van der Waals surface area contributed by atoms with Crippen LogP contribution in [0.2, 0.25) is 0 Å². The number of rotatable bonds is 10. The molecule has 0 spiro atoms. The number of methoxy groups -OCH3 is 3. The molecule has 6 nitrogen and oxygen atoms in total. The fraction of sp³-hybridized carbons (Fsp3) is 0.476. The summed E-state index contributed by atoms with van der Waals surface area (Å²) in [5.74, 6) is 0.323. The third kappa shape index (κ3) is 6.22. The Labute approximate surface area is 180 Å². The number of nitrogens with zero attached hydrogens (tertiary/aromatic N) is 2. The van der Waals surface area contributed by atoms with Gasteiger partial charge in [0, 0.05) is 29.7 Å². The van der Waals surface area contributed by atoms with Crippen molar-refractivity contribution in [1.29, 1.82) is 0 Å². The topological polar surface area (TPSA) is 70.5 Å². The molecular formula is C21H28N2O4S2. The highest BCUT2D eigenvalue weighted by Crippen LogP contribution is 2.30. The Kier molecular flexibility index (Phi) is 9.00. The van der Waals surface area contributed by atoms with Crippen molar-refractivity contribution >= 4 is 34.7 Å². The van der Waals surface area contributed by atoms with E-state index in [1.165, 1.54) is 20.3 Å². The zero-order valence-corrected chi connectivity index (χ0v) is 19.3. The van der Waals surface area contributed by atoms with Gasteiger partial charge in [-0.05, 0) is 12.5 Å². The van der Waals surface area contributed by atoms with Crippen molar-refractivity contribution in [1.82, 2.24) is 9.97 Å². The van der Waals surface area contributed by atoms with Crippen LogP contribution in [0, 0.1) is 5.92 Å². The van der Waals surface area contributed by atoms with Crippen LogP contribution in [0.1, 0.15) is 43.8 Å². The molecule has 0 aliphatic rings. The molecular weight excluding hydrogens is 408 g/mol. The largest absolute Gasteiger partial charge is 0.500 e. The van der Waals surface area contributed by atoms with E-state index in [4.69, 9.17) is 14.5 Å². The Morgan fingerprint density at radius 3 is 2.52 bits per heavy atom. The number of thiazole rings is 2. The molecule has 0 aliphatic heterocycles. The minimum Gasteiger partial charge on any atom is -0.500 e. The average molecular weight is 437 g/mol. The molecule has 0 amide bonds. The fourth-order valence-electron chi connectivity index (χ4n) is 2.62. The van der Waals surface area contributed by atoms with Gasteiger partial charge in [-0.2, -0.15) is 0 Å². The lowest BCUT2D eigenvalue weighted by Gasteiger charge is -2.21. The molecule has 0 fully saturated rings. The summed E-state index contributed by atoms with van der Waals surface area (Å²) in [5.41, 5.74) is 1.77. The van der Waals surface area contributed by atoms with E-state index in [2.05, 4.69) is 28.9 Å². The SMILES string of the molecule is CCC(C)c1nc(-c2nc(/C=C\[C@H](OC)[C@@H](C)/C(=C\C(=O)OC)OC)cs2)cs1. The molecule has 0 aliphatic carbocycles. The van der Waals surface area contributed by atoms with Gasteiger partial charge in [-0.25, -0.2) is 14.8 Å². The predicted octanol–water partition coefficient (Wildman–Crippen LogP) is 5.15. The minimum absolute atomic E-state index is 0.171. The zero-order chi connectivity index (χ0) is 21.4. The van der Waals surface area contributed by atoms with Gasteiger partial charge in [0.05, 0.1) is 37.1 Å². The second kappa shape index (κ2) is 11.2. The molecule has 1 unspecified atom stereocenters. The lowest BCUT2D eigenvalue weighted by molar-refractivity contribution is -0.135. The van der Waals surface area contributed by atoms with Crippen molar-refractivity contribution in [2.75, 3.05) is 21.3 Å². The number of hydrogen-bond acceptors (Lipinski definition) is 8. The van der Waals surface area contributed by atoms with Crippen LogP contribution >= 0.6 is 22.7 Å². The van der Waals surface area contributed by atoms with E-state index in [0.29, 0.717) is 11.7 Å². The van der Waals surface area contributed by atoms with E-state index in [1.807, 2.05) is 24.5 Å². The van der Waals surface area contributed by atoms with Gasteiger partial charge in [0.25, 0.3) is 0 Å². The van der Waals surface area contributed by atoms with Crippen LogP contribution in [0.15, 0.2) is 28.7 Å². The summed E-state index contributed by atoms with van der Waals surface area (Å²) in [5, 5.41) is 6.11. The fourth-order valence-corrected chi connectivity index (χ4v) is 4.39. The molecule has 8 heteroatoms. The van der Waals surface area contributed by atoms with Gasteiger partial charge in [-0.1, -0.05) is 26.8 Å². The molecule has 0 radical (unpaired) electrons. The van der Waals surface area contributed by atoms with Crippen molar-refractivity contribution in [3.05, 3.63) is 39.4 Å². The Morgan fingerprint density at radius 2 is 1.90 bits per heavy atom. The van der Waals surface area contributed by atoms with E-state index in [-0.39, 0.29) is 12.0 Å². The summed E-state index contributed by atoms with van der Waals surface area (Å²) in [6.07, 6.45) is 5.95. The van der Waals surface area contributed by atoms with Crippen LogP contribution in [-0.2, 0) is 19.0 Å². The van der Waals surface area contributed by atoms with Crippen LogP contribution in [0.25, 0.3) is 16.8 Å². The highest BCUT2D eigenvalue weighted by molar-refractivity contribution is 7.14. The molecule has 2 aromatic rings. The van der Waals surface area contributed by atoms with Crippen LogP contribution < -0.4 is 0 Å². The molecule has 0 saturated carbocycles. The normalized spacial score (nSPS) is 15.3. The van der Waals surface area contributed by atoms with E-state index in [1.54, 1.807) is 29.8 Å². The van der Waals surface area contributed by atoms with Gasteiger partial charge < -0.3 is 14.2 Å². The number of ether oxygens (including phenoxy) is 3. The highest BCUT2D eigenvalue weighted by atomic mass is 32.1. The summed E-state index contributed by atoms with van der Waals surface area (Å²) < 4.78 is 15.6. The number of carbonyl (C=O) groups is 1. The lowest BCUT2D eigenvalue weighted by Crippen LogP contribution is -2.21. The first kappa shape index (κ1) is 23.3. The predicted molar refractivity (Wildman–Crippen MR) is 118 cm³/mol. The molecule has 3 atom stereocenters. The lowest BCUT2D eigenvalue weighted by atomic mass is 10.0. The van der Waals surface area contributed by atoms with Crippen molar-refractivity contribution in [2.24, 2.45) is 5.92 Å². The van der Waals surface area contributed by atoms with Gasteiger partial charge >= 0.3 is 5.97 Å². The minimum atomic E-state index is -0.461. The first-order chi connectivity index (χ1) is 13.9. The molecule has 0 saturated heterocycles. The van der Waals surface area contributed by atoms with Crippen molar-refractivity contribution in [2.45, 2.75) is 39.2 Å². The van der Waals surface area contributed by atoms with Crippen molar-refractivity contribution in [3.63, 3.8) is 0 Å². The second-order valence-electron chi connectivity index (χ2n) is 6.58. The molecule has 0 bridgehead atoms. The van der Waals surface area contributed by atoms with Crippen LogP contribution in [0.4, 0.5) is 0 Å². The Bertz CT molecular complexity index is 856. The van der Waals surface area contributed by atoms with Crippen LogP contribution in [-0.4, -0.2) is 43.4 Å². The first-order valence-corrected chi connectivity index (χ1v) is 11.1. The van der Waals surface area contributed by atoms with E-state index in [0.717, 1.165) is 27.8 Å². The summed E-state index contributed by atoms with van der Waals surface area (Å²) in [7, 11) is 4.48. The summed E-state index contributed by atoms with van der Waals surface area (Å²) in [4.78, 5) is 20.9. The van der Waals surface area contributed by atoms with Gasteiger partial charge in [-0.15, -0.1) is 22.7 Å². The summed E-state index contributed by atoms with van der Waals surface area (Å²) in [6, 6.07) is 0. The maximum atomic E-state index is 11.5. The van der Waals surface area contributed by atoms with Gasteiger partial charge in [0.1, 0.15) is 16.5 Å². The van der Waals surface area contributed by atoms with Crippen molar-refractivity contribution in [3.8, 4) is 10.7 Å². The monoisotopic (exact) mass is 436 g/mol. The molecule has 158 valence electrons. The third-order valence-electron chi connectivity index (χ3n) is 4.66. The summed E-state index contributed by atoms with van der Waals surface area (Å²) in [6.45, 7) is 6.28. The average Bonchev–Trinajstić information content (AvgIpc) is 3.41.